The molecule has 0 bridgehead atoms. The molecule has 0 aromatic rings. The van der Waals surface area contributed by atoms with Gasteiger partial charge >= 0.3 is 0 Å². The van der Waals surface area contributed by atoms with Crippen molar-refractivity contribution in [1.82, 2.24) is 5.43 Å². The van der Waals surface area contributed by atoms with Gasteiger partial charge in [0.2, 0.25) is 0 Å². The fourth-order valence-electron chi connectivity index (χ4n) is 0.955. The van der Waals surface area contributed by atoms with Crippen LogP contribution in [-0.4, -0.2) is 32.5 Å². The Bertz CT molecular complexity index is 91.6. The Hall–Kier alpha value is -0.160. The third-order valence-electron chi connectivity index (χ3n) is 1.72. The second kappa shape index (κ2) is 9.92. The summed E-state index contributed by atoms with van der Waals surface area (Å²) in [5, 5.41) is 0. The van der Waals surface area contributed by atoms with E-state index in [9.17, 15) is 0 Å². The Kier molecular flexibility index (Phi) is 9.80. The van der Waals surface area contributed by atoms with Gasteiger partial charge in [0.25, 0.3) is 0 Å². The van der Waals surface area contributed by atoms with Gasteiger partial charge in [0.1, 0.15) is 0 Å². The smallest absolute Gasteiger partial charge is 0.0633 e. The molecule has 0 aliphatic rings. The Balaban J connectivity index is 3.28. The van der Waals surface area contributed by atoms with Gasteiger partial charge in [-0.2, -0.15) is 0 Å². The van der Waals surface area contributed by atoms with Gasteiger partial charge in [0, 0.05) is 25.9 Å². The van der Waals surface area contributed by atoms with Gasteiger partial charge in [-0.3, -0.25) is 11.3 Å². The van der Waals surface area contributed by atoms with Crippen LogP contribution in [0.15, 0.2) is 0 Å². The quantitative estimate of drug-likeness (QED) is 0.319. The summed E-state index contributed by atoms with van der Waals surface area (Å²) >= 11 is 0. The molecule has 0 rings (SSSR count). The van der Waals surface area contributed by atoms with Crippen molar-refractivity contribution in [2.75, 3.05) is 26.4 Å². The van der Waals surface area contributed by atoms with Crippen LogP contribution in [-0.2, 0) is 9.47 Å². The van der Waals surface area contributed by atoms with Crippen LogP contribution in [0.3, 0.4) is 0 Å². The van der Waals surface area contributed by atoms with Crippen LogP contribution in [0.5, 0.6) is 0 Å². The molecular formula is C9H22N2O2. The van der Waals surface area contributed by atoms with E-state index in [4.69, 9.17) is 15.3 Å². The lowest BCUT2D eigenvalue weighted by Gasteiger charge is -2.15. The van der Waals surface area contributed by atoms with E-state index in [2.05, 4.69) is 12.3 Å². The van der Waals surface area contributed by atoms with Crippen LogP contribution in [0.25, 0.3) is 0 Å². The average Bonchev–Trinajstić information content (AvgIpc) is 2.16. The van der Waals surface area contributed by atoms with Crippen molar-refractivity contribution < 1.29 is 9.47 Å². The number of nitrogens with two attached hydrogens (primary N) is 1. The first kappa shape index (κ1) is 12.8. The van der Waals surface area contributed by atoms with Crippen LogP contribution in [0.4, 0.5) is 0 Å². The van der Waals surface area contributed by atoms with Crippen LogP contribution in [0, 0.1) is 0 Å². The molecule has 0 amide bonds. The molecule has 0 spiro atoms. The van der Waals surface area contributed by atoms with Crippen molar-refractivity contribution in [3.63, 3.8) is 0 Å². The van der Waals surface area contributed by atoms with E-state index < -0.39 is 0 Å². The van der Waals surface area contributed by atoms with Crippen LogP contribution in [0.2, 0.25) is 0 Å². The molecule has 0 aromatic carbocycles. The molecule has 80 valence electrons. The maximum atomic E-state index is 5.37. The highest BCUT2D eigenvalue weighted by atomic mass is 16.5. The SMILES string of the molecule is CCCOCC(CCOCC)NN. The van der Waals surface area contributed by atoms with Crippen molar-refractivity contribution in [1.29, 1.82) is 0 Å². The summed E-state index contributed by atoms with van der Waals surface area (Å²) in [4.78, 5) is 0. The van der Waals surface area contributed by atoms with E-state index in [0.29, 0.717) is 6.61 Å². The second-order valence-corrected chi connectivity index (χ2v) is 2.92. The van der Waals surface area contributed by atoms with Crippen molar-refractivity contribution in [2.45, 2.75) is 32.7 Å². The summed E-state index contributed by atoms with van der Waals surface area (Å²) in [6, 6.07) is 0.207. The van der Waals surface area contributed by atoms with Crippen LogP contribution < -0.4 is 11.3 Å². The predicted molar refractivity (Wildman–Crippen MR) is 53.3 cm³/mol. The number of hydrogen-bond donors (Lipinski definition) is 2. The predicted octanol–water partition coefficient (Wildman–Crippen LogP) is 0.672. The lowest BCUT2D eigenvalue weighted by molar-refractivity contribution is 0.0867. The zero-order valence-corrected chi connectivity index (χ0v) is 8.71. The Morgan fingerprint density at radius 3 is 2.54 bits per heavy atom. The third kappa shape index (κ3) is 8.18. The summed E-state index contributed by atoms with van der Waals surface area (Å²) < 4.78 is 10.6. The normalized spacial score (nSPS) is 13.2. The summed E-state index contributed by atoms with van der Waals surface area (Å²) in [7, 11) is 0. The minimum absolute atomic E-state index is 0.207. The molecule has 13 heavy (non-hydrogen) atoms. The second-order valence-electron chi connectivity index (χ2n) is 2.92. The Morgan fingerprint density at radius 1 is 1.23 bits per heavy atom. The standard InChI is InChI=1S/C9H22N2O2/c1-3-6-13-8-9(11-10)5-7-12-4-2/h9,11H,3-8,10H2,1-2H3. The lowest BCUT2D eigenvalue weighted by atomic mass is 10.2. The summed E-state index contributed by atoms with van der Waals surface area (Å²) in [5.41, 5.74) is 2.71. The fourth-order valence-corrected chi connectivity index (χ4v) is 0.955. The van der Waals surface area contributed by atoms with Crippen LogP contribution in [0.1, 0.15) is 26.7 Å². The van der Waals surface area contributed by atoms with Gasteiger partial charge in [0.05, 0.1) is 6.61 Å². The maximum absolute atomic E-state index is 5.37. The topological polar surface area (TPSA) is 56.5 Å². The minimum atomic E-state index is 0.207. The lowest BCUT2D eigenvalue weighted by Crippen LogP contribution is -2.39. The number of hydrogen-bond acceptors (Lipinski definition) is 4. The third-order valence-corrected chi connectivity index (χ3v) is 1.72. The molecule has 0 radical (unpaired) electrons. The molecule has 3 N–H and O–H groups in total. The van der Waals surface area contributed by atoms with Crippen molar-refractivity contribution in [2.24, 2.45) is 5.84 Å². The number of rotatable bonds is 9. The Morgan fingerprint density at radius 2 is 2.00 bits per heavy atom. The van der Waals surface area contributed by atoms with Gasteiger partial charge in [-0.05, 0) is 19.8 Å². The summed E-state index contributed by atoms with van der Waals surface area (Å²) in [6.07, 6.45) is 1.94. The van der Waals surface area contributed by atoms with Gasteiger partial charge in [-0.1, -0.05) is 6.92 Å². The highest BCUT2D eigenvalue weighted by Crippen LogP contribution is 1.93. The molecule has 0 aliphatic carbocycles. The van der Waals surface area contributed by atoms with E-state index in [1.807, 2.05) is 6.92 Å². The molecule has 0 heterocycles. The first-order valence-electron chi connectivity index (χ1n) is 4.96. The van der Waals surface area contributed by atoms with Gasteiger partial charge in [-0.15, -0.1) is 0 Å². The zero-order valence-electron chi connectivity index (χ0n) is 8.71. The number of hydrazine groups is 1. The molecule has 4 heteroatoms. The summed E-state index contributed by atoms with van der Waals surface area (Å²) in [6.45, 7) is 7.03. The highest BCUT2D eigenvalue weighted by molar-refractivity contribution is 4.61. The maximum Gasteiger partial charge on any atom is 0.0633 e. The fraction of sp³-hybridized carbons (Fsp3) is 1.00. The van der Waals surface area contributed by atoms with Crippen molar-refractivity contribution in [3.05, 3.63) is 0 Å². The van der Waals surface area contributed by atoms with E-state index >= 15 is 0 Å². The molecule has 0 fully saturated rings. The number of ether oxygens (including phenoxy) is 2. The van der Waals surface area contributed by atoms with E-state index in [0.717, 1.165) is 32.7 Å². The van der Waals surface area contributed by atoms with E-state index in [1.54, 1.807) is 0 Å². The van der Waals surface area contributed by atoms with Gasteiger partial charge in [0.15, 0.2) is 0 Å². The van der Waals surface area contributed by atoms with E-state index in [1.165, 1.54) is 0 Å². The molecule has 0 aromatic heterocycles. The number of nitrogens with one attached hydrogen (secondary N) is 1. The van der Waals surface area contributed by atoms with Crippen LogP contribution >= 0.6 is 0 Å². The molecular weight excluding hydrogens is 168 g/mol. The van der Waals surface area contributed by atoms with Gasteiger partial charge < -0.3 is 9.47 Å². The molecule has 0 saturated heterocycles. The Labute approximate surface area is 80.7 Å². The first-order valence-corrected chi connectivity index (χ1v) is 4.96. The van der Waals surface area contributed by atoms with Crippen molar-refractivity contribution in [3.8, 4) is 0 Å². The van der Waals surface area contributed by atoms with Gasteiger partial charge in [-0.25, -0.2) is 0 Å². The molecule has 0 saturated carbocycles. The minimum Gasteiger partial charge on any atom is -0.382 e. The first-order chi connectivity index (χ1) is 6.35. The molecule has 1 atom stereocenters. The van der Waals surface area contributed by atoms with Crippen molar-refractivity contribution >= 4 is 0 Å². The highest BCUT2D eigenvalue weighted by Gasteiger charge is 2.05. The summed E-state index contributed by atoms with van der Waals surface area (Å²) in [5.74, 6) is 5.35. The largest absolute Gasteiger partial charge is 0.382 e. The monoisotopic (exact) mass is 190 g/mol. The molecule has 0 aliphatic heterocycles. The molecule has 1 unspecified atom stereocenters. The average molecular weight is 190 g/mol. The van der Waals surface area contributed by atoms with E-state index in [-0.39, 0.29) is 6.04 Å². The zero-order chi connectivity index (χ0) is 9.94. The molecule has 4 nitrogen and oxygen atoms in total.